The van der Waals surface area contributed by atoms with Crippen LogP contribution in [-0.4, -0.2) is 5.91 Å². The number of nitrogens with one attached hydrogen (secondary N) is 1. The Morgan fingerprint density at radius 1 is 1.31 bits per heavy atom. The number of rotatable bonds is 0. The second-order valence-corrected chi connectivity index (χ2v) is 2.94. The summed E-state index contributed by atoms with van der Waals surface area (Å²) in [7, 11) is 0. The lowest BCUT2D eigenvalue weighted by atomic mass is 10.2. The summed E-state index contributed by atoms with van der Waals surface area (Å²) in [6.07, 6.45) is 4.02. The molecule has 0 saturated carbocycles. The fourth-order valence-electron chi connectivity index (χ4n) is 1.08. The van der Waals surface area contributed by atoms with Gasteiger partial charge in [0.1, 0.15) is 5.70 Å². The Morgan fingerprint density at radius 3 is 2.69 bits per heavy atom. The minimum atomic E-state index is -0.423. The summed E-state index contributed by atoms with van der Waals surface area (Å²) in [5.74, 6) is -0.0872. The van der Waals surface area contributed by atoms with E-state index in [1.54, 1.807) is 6.08 Å². The molecule has 1 amide bonds. The Hall–Kier alpha value is -1.65. The van der Waals surface area contributed by atoms with Crippen LogP contribution in [0.2, 0.25) is 0 Å². The van der Waals surface area contributed by atoms with Crippen molar-refractivity contribution in [3.05, 3.63) is 23.3 Å². The molecule has 0 aromatic carbocycles. The third-order valence-electron chi connectivity index (χ3n) is 1.86. The molecule has 0 bridgehead atoms. The fraction of sp³-hybridized carbons (Fsp3) is 0.375. The molecule has 7 N–H and O–H groups in total. The first kappa shape index (κ1) is 9.44. The third kappa shape index (κ3) is 2.40. The molecule has 0 radical (unpaired) electrons. The predicted octanol–water partition coefficient (Wildman–Crippen LogP) is -0.784. The molecule has 0 aromatic heterocycles. The van der Waals surface area contributed by atoms with Gasteiger partial charge in [0.2, 0.25) is 0 Å². The molecule has 0 spiro atoms. The van der Waals surface area contributed by atoms with E-state index in [4.69, 9.17) is 17.2 Å². The summed E-state index contributed by atoms with van der Waals surface area (Å²) in [6, 6.07) is 0. The van der Waals surface area contributed by atoms with Crippen molar-refractivity contribution in [1.29, 1.82) is 0 Å². The van der Waals surface area contributed by atoms with Crippen molar-refractivity contribution in [2.45, 2.75) is 19.3 Å². The summed E-state index contributed by atoms with van der Waals surface area (Å²) in [5, 5.41) is 2.44. The van der Waals surface area contributed by atoms with Crippen molar-refractivity contribution < 1.29 is 4.79 Å². The molecule has 1 aliphatic heterocycles. The molecular weight excluding hydrogens is 168 g/mol. The first-order valence-electron chi connectivity index (χ1n) is 4.12. The zero-order chi connectivity index (χ0) is 9.84. The standard InChI is InChI=1S/C8H14N4O/c9-5-3-1-2-4-6(10)12-8(13)7(5)11/h4H,1-3,9-11H2,(H,12,13)/b6-4+,7-5-. The van der Waals surface area contributed by atoms with Gasteiger partial charge in [-0.05, 0) is 25.3 Å². The maximum absolute atomic E-state index is 11.2. The van der Waals surface area contributed by atoms with Crippen molar-refractivity contribution in [3.8, 4) is 0 Å². The summed E-state index contributed by atoms with van der Waals surface area (Å²) >= 11 is 0. The van der Waals surface area contributed by atoms with Gasteiger partial charge < -0.3 is 22.5 Å². The van der Waals surface area contributed by atoms with Gasteiger partial charge in [-0.2, -0.15) is 0 Å². The van der Waals surface area contributed by atoms with Gasteiger partial charge in [0.15, 0.2) is 0 Å². The summed E-state index contributed by atoms with van der Waals surface area (Å²) < 4.78 is 0. The first-order valence-corrected chi connectivity index (χ1v) is 4.12. The highest BCUT2D eigenvalue weighted by Gasteiger charge is 2.11. The van der Waals surface area contributed by atoms with E-state index in [0.29, 0.717) is 17.9 Å². The van der Waals surface area contributed by atoms with Crippen LogP contribution in [0.25, 0.3) is 0 Å². The summed E-state index contributed by atoms with van der Waals surface area (Å²) in [4.78, 5) is 11.2. The SMILES string of the molecule is N/C1=C(\N)C(=O)N/C(N)=C/CCC1. The predicted molar refractivity (Wildman–Crippen MR) is 49.7 cm³/mol. The Kier molecular flexibility index (Phi) is 2.79. The maximum atomic E-state index is 11.2. The average molecular weight is 182 g/mol. The highest BCUT2D eigenvalue weighted by atomic mass is 16.2. The quantitative estimate of drug-likeness (QED) is 0.394. The van der Waals surface area contributed by atoms with E-state index in [-0.39, 0.29) is 5.70 Å². The maximum Gasteiger partial charge on any atom is 0.274 e. The van der Waals surface area contributed by atoms with E-state index < -0.39 is 5.91 Å². The molecule has 0 saturated heterocycles. The number of hydrogen-bond donors (Lipinski definition) is 4. The van der Waals surface area contributed by atoms with Crippen molar-refractivity contribution in [3.63, 3.8) is 0 Å². The molecule has 72 valence electrons. The zero-order valence-corrected chi connectivity index (χ0v) is 7.34. The van der Waals surface area contributed by atoms with Crippen molar-refractivity contribution in [2.24, 2.45) is 17.2 Å². The number of carbonyl (C=O) groups is 1. The fourth-order valence-corrected chi connectivity index (χ4v) is 1.08. The minimum Gasteiger partial charge on any atom is -0.400 e. The van der Waals surface area contributed by atoms with Crippen LogP contribution in [0.15, 0.2) is 23.3 Å². The van der Waals surface area contributed by atoms with Gasteiger partial charge in [-0.15, -0.1) is 0 Å². The number of carbonyl (C=O) groups excluding carboxylic acids is 1. The summed E-state index contributed by atoms with van der Waals surface area (Å²) in [6.45, 7) is 0. The van der Waals surface area contributed by atoms with Crippen molar-refractivity contribution in [2.75, 3.05) is 0 Å². The number of hydrogen-bond acceptors (Lipinski definition) is 4. The van der Waals surface area contributed by atoms with E-state index in [2.05, 4.69) is 5.32 Å². The van der Waals surface area contributed by atoms with Gasteiger partial charge in [0.25, 0.3) is 5.91 Å². The van der Waals surface area contributed by atoms with Crippen LogP contribution in [0.3, 0.4) is 0 Å². The van der Waals surface area contributed by atoms with Crippen LogP contribution in [0.1, 0.15) is 19.3 Å². The average Bonchev–Trinajstić information content (AvgIpc) is 2.13. The molecule has 1 rings (SSSR count). The topological polar surface area (TPSA) is 107 Å². The van der Waals surface area contributed by atoms with Crippen LogP contribution >= 0.6 is 0 Å². The van der Waals surface area contributed by atoms with E-state index in [1.165, 1.54) is 0 Å². The molecule has 1 heterocycles. The van der Waals surface area contributed by atoms with Gasteiger partial charge in [0, 0.05) is 5.70 Å². The van der Waals surface area contributed by atoms with Gasteiger partial charge >= 0.3 is 0 Å². The lowest BCUT2D eigenvalue weighted by molar-refractivity contribution is -0.116. The highest BCUT2D eigenvalue weighted by molar-refractivity contribution is 5.94. The molecule has 5 heteroatoms. The van der Waals surface area contributed by atoms with Crippen molar-refractivity contribution >= 4 is 5.91 Å². The molecule has 5 nitrogen and oxygen atoms in total. The van der Waals surface area contributed by atoms with Crippen molar-refractivity contribution in [1.82, 2.24) is 5.32 Å². The zero-order valence-electron chi connectivity index (χ0n) is 7.34. The molecule has 0 fully saturated rings. The Bertz CT molecular complexity index is 280. The van der Waals surface area contributed by atoms with E-state index in [9.17, 15) is 4.79 Å². The normalized spacial score (nSPS) is 29.2. The molecule has 0 unspecified atom stereocenters. The monoisotopic (exact) mass is 182 g/mol. The first-order chi connectivity index (χ1) is 6.11. The largest absolute Gasteiger partial charge is 0.400 e. The van der Waals surface area contributed by atoms with Gasteiger partial charge in [-0.25, -0.2) is 0 Å². The van der Waals surface area contributed by atoms with E-state index >= 15 is 0 Å². The Balaban J connectivity index is 2.86. The van der Waals surface area contributed by atoms with Crippen LogP contribution in [0, 0.1) is 0 Å². The third-order valence-corrected chi connectivity index (χ3v) is 1.86. The Labute approximate surface area is 76.6 Å². The smallest absolute Gasteiger partial charge is 0.274 e. The molecule has 0 aromatic rings. The Morgan fingerprint density at radius 2 is 2.00 bits per heavy atom. The highest BCUT2D eigenvalue weighted by Crippen LogP contribution is 2.07. The number of amides is 1. The van der Waals surface area contributed by atoms with Crippen LogP contribution in [0.4, 0.5) is 0 Å². The second-order valence-electron chi connectivity index (χ2n) is 2.94. The van der Waals surface area contributed by atoms with Crippen LogP contribution in [-0.2, 0) is 4.79 Å². The number of nitrogens with two attached hydrogens (primary N) is 3. The van der Waals surface area contributed by atoms with E-state index in [0.717, 1.165) is 12.8 Å². The van der Waals surface area contributed by atoms with Gasteiger partial charge in [0.05, 0.1) is 5.82 Å². The van der Waals surface area contributed by atoms with Gasteiger partial charge in [-0.1, -0.05) is 0 Å². The summed E-state index contributed by atoms with van der Waals surface area (Å²) in [5.41, 5.74) is 17.0. The molecule has 0 atom stereocenters. The van der Waals surface area contributed by atoms with E-state index in [1.807, 2.05) is 0 Å². The molecule has 13 heavy (non-hydrogen) atoms. The molecular formula is C8H14N4O. The van der Waals surface area contributed by atoms with Crippen LogP contribution < -0.4 is 22.5 Å². The lowest BCUT2D eigenvalue weighted by Gasteiger charge is -2.05. The van der Waals surface area contributed by atoms with Gasteiger partial charge in [-0.3, -0.25) is 4.79 Å². The second kappa shape index (κ2) is 3.84. The lowest BCUT2D eigenvalue weighted by Crippen LogP contribution is -2.32. The number of allylic oxidation sites excluding steroid dienone is 2. The van der Waals surface area contributed by atoms with Crippen LogP contribution in [0.5, 0.6) is 0 Å². The molecule has 0 aliphatic carbocycles. The minimum absolute atomic E-state index is 0.0678. The molecule has 1 aliphatic rings.